The smallest absolute Gasteiger partial charge is 0.290 e. The molecule has 1 saturated heterocycles. The number of piperidine rings is 1. The lowest BCUT2D eigenvalue weighted by atomic mass is 10.1. The third kappa shape index (κ3) is 9.97. The molecule has 0 saturated carbocycles. The van der Waals surface area contributed by atoms with Crippen LogP contribution in [0.1, 0.15) is 35.4 Å². The number of carboxylic acid groups (broad SMARTS) is 2. The van der Waals surface area contributed by atoms with E-state index in [1.165, 1.54) is 48.5 Å². The largest absolute Gasteiger partial charge is 0.483 e. The normalized spacial score (nSPS) is 13.7. The van der Waals surface area contributed by atoms with E-state index in [0.717, 1.165) is 19.6 Å². The first kappa shape index (κ1) is 25.8. The highest BCUT2D eigenvalue weighted by Gasteiger charge is 2.13. The SMILES string of the molecule is Cn1cncc1CN(CCO)Cc1cc(CN2CCCCC2)cs1.O=CO.O=CO. The van der Waals surface area contributed by atoms with Gasteiger partial charge in [-0.05, 0) is 42.9 Å². The maximum Gasteiger partial charge on any atom is 0.290 e. The van der Waals surface area contributed by atoms with Gasteiger partial charge in [0.15, 0.2) is 0 Å². The Morgan fingerprint density at radius 3 is 2.40 bits per heavy atom. The Kier molecular flexibility index (Phi) is 13.4. The number of likely N-dealkylation sites (tertiary alicyclic amines) is 1. The van der Waals surface area contributed by atoms with E-state index < -0.39 is 0 Å². The van der Waals surface area contributed by atoms with Crippen molar-refractivity contribution < 1.29 is 24.9 Å². The van der Waals surface area contributed by atoms with E-state index in [9.17, 15) is 5.11 Å². The van der Waals surface area contributed by atoms with Gasteiger partial charge in [-0.1, -0.05) is 6.42 Å². The zero-order valence-electron chi connectivity index (χ0n) is 17.4. The molecule has 10 heteroatoms. The van der Waals surface area contributed by atoms with Crippen LogP contribution in [0.3, 0.4) is 0 Å². The number of aliphatic hydroxyl groups excluding tert-OH is 1. The Balaban J connectivity index is 0.000000672. The van der Waals surface area contributed by atoms with Crippen molar-refractivity contribution in [2.75, 3.05) is 26.2 Å². The van der Waals surface area contributed by atoms with Gasteiger partial charge in [-0.25, -0.2) is 4.98 Å². The first-order valence-electron chi connectivity index (χ1n) is 9.80. The van der Waals surface area contributed by atoms with E-state index in [2.05, 4.69) is 26.2 Å². The average molecular weight is 441 g/mol. The molecular formula is C20H32N4O5S. The number of hydrogen-bond acceptors (Lipinski definition) is 7. The van der Waals surface area contributed by atoms with E-state index in [0.29, 0.717) is 6.54 Å². The Bertz CT molecular complexity index is 710. The molecule has 0 radical (unpaired) electrons. The molecule has 3 heterocycles. The summed E-state index contributed by atoms with van der Waals surface area (Å²) < 4.78 is 2.04. The van der Waals surface area contributed by atoms with Gasteiger partial charge < -0.3 is 19.9 Å². The van der Waals surface area contributed by atoms with E-state index in [-0.39, 0.29) is 19.6 Å². The fraction of sp³-hybridized carbons (Fsp3) is 0.550. The lowest BCUT2D eigenvalue weighted by Gasteiger charge is -2.25. The molecule has 0 bridgehead atoms. The predicted octanol–water partition coefficient (Wildman–Crippen LogP) is 1.86. The van der Waals surface area contributed by atoms with Crippen molar-refractivity contribution >= 4 is 24.3 Å². The molecule has 0 amide bonds. The van der Waals surface area contributed by atoms with Gasteiger partial charge in [-0.3, -0.25) is 19.4 Å². The van der Waals surface area contributed by atoms with Gasteiger partial charge >= 0.3 is 0 Å². The lowest BCUT2D eigenvalue weighted by molar-refractivity contribution is -0.123. The fourth-order valence-electron chi connectivity index (χ4n) is 3.31. The molecule has 3 rings (SSSR count). The van der Waals surface area contributed by atoms with Crippen LogP contribution in [0.4, 0.5) is 0 Å². The molecule has 1 aliphatic heterocycles. The highest BCUT2D eigenvalue weighted by molar-refractivity contribution is 7.10. The molecule has 168 valence electrons. The van der Waals surface area contributed by atoms with Crippen LogP contribution in [-0.2, 0) is 36.3 Å². The maximum atomic E-state index is 9.37. The second-order valence-corrected chi connectivity index (χ2v) is 7.89. The minimum absolute atomic E-state index is 0.184. The molecule has 1 aliphatic rings. The number of imidazole rings is 1. The first-order valence-corrected chi connectivity index (χ1v) is 10.7. The summed E-state index contributed by atoms with van der Waals surface area (Å²) in [5.41, 5.74) is 2.61. The van der Waals surface area contributed by atoms with Crippen molar-refractivity contribution in [2.45, 2.75) is 38.9 Å². The van der Waals surface area contributed by atoms with Crippen molar-refractivity contribution in [1.82, 2.24) is 19.4 Å². The third-order valence-corrected chi connectivity index (χ3v) is 5.63. The van der Waals surface area contributed by atoms with Crippen LogP contribution in [0.2, 0.25) is 0 Å². The van der Waals surface area contributed by atoms with Crippen LogP contribution in [0.15, 0.2) is 24.0 Å². The number of hydrogen-bond donors (Lipinski definition) is 3. The summed E-state index contributed by atoms with van der Waals surface area (Å²) >= 11 is 1.84. The summed E-state index contributed by atoms with van der Waals surface area (Å²) in [6.45, 7) is 5.63. The van der Waals surface area contributed by atoms with Crippen LogP contribution in [-0.4, -0.2) is 73.9 Å². The second-order valence-electron chi connectivity index (χ2n) is 6.90. The Labute approximate surface area is 181 Å². The van der Waals surface area contributed by atoms with Crippen LogP contribution in [0.25, 0.3) is 0 Å². The van der Waals surface area contributed by atoms with E-state index in [4.69, 9.17) is 19.8 Å². The molecule has 0 unspecified atom stereocenters. The van der Waals surface area contributed by atoms with Gasteiger partial charge in [-0.2, -0.15) is 0 Å². The molecule has 0 aromatic carbocycles. The lowest BCUT2D eigenvalue weighted by Crippen LogP contribution is -2.29. The highest BCUT2D eigenvalue weighted by Crippen LogP contribution is 2.21. The number of carbonyl (C=O) groups is 2. The molecule has 9 nitrogen and oxygen atoms in total. The summed E-state index contributed by atoms with van der Waals surface area (Å²) in [6, 6.07) is 2.34. The van der Waals surface area contributed by atoms with Crippen LogP contribution >= 0.6 is 11.3 Å². The van der Waals surface area contributed by atoms with Crippen molar-refractivity contribution in [2.24, 2.45) is 7.05 Å². The molecular weight excluding hydrogens is 408 g/mol. The summed E-state index contributed by atoms with van der Waals surface area (Å²) in [5.74, 6) is 0. The molecule has 30 heavy (non-hydrogen) atoms. The summed E-state index contributed by atoms with van der Waals surface area (Å²) in [4.78, 5) is 27.1. The second kappa shape index (κ2) is 15.6. The first-order chi connectivity index (χ1) is 14.6. The summed E-state index contributed by atoms with van der Waals surface area (Å²) in [7, 11) is 2.02. The Hall–Kier alpha value is -2.27. The molecule has 0 atom stereocenters. The standard InChI is InChI=1S/C18H28N4OS.2CH2O2/c1-20-15-19-10-17(20)12-22(7-8-23)13-18-9-16(14-24-18)11-21-5-3-2-4-6-21;2*2-1-3/h9-10,14-15,23H,2-8,11-13H2,1H3;2*1H,(H,2,3). The Morgan fingerprint density at radius 2 is 1.83 bits per heavy atom. The monoisotopic (exact) mass is 440 g/mol. The molecule has 3 N–H and O–H groups in total. The number of aromatic nitrogens is 2. The predicted molar refractivity (Wildman–Crippen MR) is 115 cm³/mol. The molecule has 2 aromatic heterocycles. The van der Waals surface area contributed by atoms with Gasteiger partial charge in [0.1, 0.15) is 0 Å². The molecule has 0 spiro atoms. The number of thiophene rings is 1. The van der Waals surface area contributed by atoms with Gasteiger partial charge in [0.2, 0.25) is 0 Å². The van der Waals surface area contributed by atoms with Crippen molar-refractivity contribution in [3.05, 3.63) is 40.1 Å². The quantitative estimate of drug-likeness (QED) is 0.532. The van der Waals surface area contributed by atoms with E-state index in [1.54, 1.807) is 0 Å². The van der Waals surface area contributed by atoms with Crippen LogP contribution < -0.4 is 0 Å². The Morgan fingerprint density at radius 1 is 1.17 bits per heavy atom. The van der Waals surface area contributed by atoms with E-state index in [1.807, 2.05) is 35.5 Å². The molecule has 0 aliphatic carbocycles. The minimum atomic E-state index is -0.250. The van der Waals surface area contributed by atoms with Crippen molar-refractivity contribution in [3.63, 3.8) is 0 Å². The van der Waals surface area contributed by atoms with Crippen molar-refractivity contribution in [1.29, 1.82) is 0 Å². The number of aliphatic hydroxyl groups is 1. The molecule has 1 fully saturated rings. The van der Waals surface area contributed by atoms with E-state index >= 15 is 0 Å². The number of rotatable bonds is 8. The summed E-state index contributed by atoms with van der Waals surface area (Å²) in [5, 5.41) is 25.4. The van der Waals surface area contributed by atoms with Crippen molar-refractivity contribution in [3.8, 4) is 0 Å². The number of aryl methyl sites for hydroxylation is 1. The van der Waals surface area contributed by atoms with Gasteiger partial charge in [-0.15, -0.1) is 11.3 Å². The van der Waals surface area contributed by atoms with Gasteiger partial charge in [0, 0.05) is 44.3 Å². The maximum absolute atomic E-state index is 9.37. The minimum Gasteiger partial charge on any atom is -0.483 e. The van der Waals surface area contributed by atoms with Crippen LogP contribution in [0, 0.1) is 0 Å². The van der Waals surface area contributed by atoms with Gasteiger partial charge in [0.05, 0.1) is 18.6 Å². The zero-order valence-corrected chi connectivity index (χ0v) is 18.2. The zero-order chi connectivity index (χ0) is 22.2. The third-order valence-electron chi connectivity index (χ3n) is 4.66. The molecule has 2 aromatic rings. The topological polar surface area (TPSA) is 119 Å². The summed E-state index contributed by atoms with van der Waals surface area (Å²) in [6.07, 6.45) is 7.79. The van der Waals surface area contributed by atoms with Crippen LogP contribution in [0.5, 0.6) is 0 Å². The highest BCUT2D eigenvalue weighted by atomic mass is 32.1. The number of nitrogens with zero attached hydrogens (tertiary/aromatic N) is 4. The van der Waals surface area contributed by atoms with Gasteiger partial charge in [0.25, 0.3) is 12.9 Å². The fourth-order valence-corrected chi connectivity index (χ4v) is 4.23. The average Bonchev–Trinajstić information content (AvgIpc) is 3.33.